The number of hydrogen-bond donors (Lipinski definition) is 1. The highest BCUT2D eigenvalue weighted by Crippen LogP contribution is 2.34. The second-order valence-corrected chi connectivity index (χ2v) is 9.58. The van der Waals surface area contributed by atoms with Gasteiger partial charge in [0.25, 0.3) is 0 Å². The third-order valence-electron chi connectivity index (χ3n) is 5.51. The van der Waals surface area contributed by atoms with Crippen molar-refractivity contribution >= 4 is 34.2 Å². The number of carbonyl (C=O) groups is 2. The molecule has 8 heteroatoms. The summed E-state index contributed by atoms with van der Waals surface area (Å²) in [5, 5.41) is 3.11. The number of anilines is 2. The predicted molar refractivity (Wildman–Crippen MR) is 127 cm³/mol. The van der Waals surface area contributed by atoms with Crippen LogP contribution in [0.4, 0.5) is 11.6 Å². The van der Waals surface area contributed by atoms with Crippen LogP contribution >= 0.6 is 0 Å². The molecule has 0 spiro atoms. The molecule has 0 aliphatic carbocycles. The van der Waals surface area contributed by atoms with Crippen molar-refractivity contribution in [3.63, 3.8) is 0 Å². The largest absolute Gasteiger partial charge is 0.310 e. The number of hydrogen-bond acceptors (Lipinski definition) is 5. The van der Waals surface area contributed by atoms with Crippen LogP contribution in [0.5, 0.6) is 0 Å². The first-order chi connectivity index (χ1) is 15.5. The summed E-state index contributed by atoms with van der Waals surface area (Å²) in [7, 11) is -1.40. The minimum absolute atomic E-state index is 0.101. The lowest BCUT2D eigenvalue weighted by Crippen LogP contribution is -2.27. The average Bonchev–Trinajstić information content (AvgIpc) is 3.10. The zero-order valence-electron chi connectivity index (χ0n) is 19.1. The lowest BCUT2D eigenvalue weighted by Gasteiger charge is -2.19. The second-order valence-electron chi connectivity index (χ2n) is 8.11. The Bertz CT molecular complexity index is 975. The van der Waals surface area contributed by atoms with Crippen LogP contribution in [-0.2, 0) is 33.4 Å². The molecule has 1 aliphatic rings. The molecule has 32 heavy (non-hydrogen) atoms. The van der Waals surface area contributed by atoms with E-state index in [-0.39, 0.29) is 29.3 Å². The van der Waals surface area contributed by atoms with Crippen molar-refractivity contribution in [2.24, 2.45) is 5.92 Å². The van der Waals surface area contributed by atoms with Crippen molar-refractivity contribution in [2.45, 2.75) is 71.0 Å². The van der Waals surface area contributed by atoms with Crippen LogP contribution in [0.15, 0.2) is 35.5 Å². The number of aromatic nitrogens is 2. The SMILES string of the molecule is CCCC(CCC)C(=O)Nc1nc(S(=O)CCC)nc2c1CC(=O)N2Cc1ccccc1. The number of carbonyl (C=O) groups excluding carboxylic acids is 2. The van der Waals surface area contributed by atoms with Gasteiger partial charge >= 0.3 is 0 Å². The minimum Gasteiger partial charge on any atom is -0.310 e. The van der Waals surface area contributed by atoms with Gasteiger partial charge in [0.2, 0.25) is 17.0 Å². The molecule has 0 bridgehead atoms. The van der Waals surface area contributed by atoms with E-state index in [1.807, 2.05) is 37.3 Å². The van der Waals surface area contributed by atoms with Crippen molar-refractivity contribution in [3.8, 4) is 0 Å². The Balaban J connectivity index is 1.98. The fourth-order valence-electron chi connectivity index (χ4n) is 3.94. The summed E-state index contributed by atoms with van der Waals surface area (Å²) in [6.07, 6.45) is 4.24. The first-order valence-corrected chi connectivity index (χ1v) is 12.7. The third kappa shape index (κ3) is 5.59. The van der Waals surface area contributed by atoms with E-state index in [1.54, 1.807) is 4.90 Å². The van der Waals surface area contributed by atoms with E-state index >= 15 is 0 Å². The monoisotopic (exact) mass is 456 g/mol. The van der Waals surface area contributed by atoms with Gasteiger partial charge in [-0.05, 0) is 24.8 Å². The summed E-state index contributed by atoms with van der Waals surface area (Å²) in [5.41, 5.74) is 1.57. The molecule has 1 unspecified atom stereocenters. The summed E-state index contributed by atoms with van der Waals surface area (Å²) in [5.74, 6) is 0.874. The maximum atomic E-state index is 13.0. The number of nitrogens with zero attached hydrogens (tertiary/aromatic N) is 3. The zero-order chi connectivity index (χ0) is 23.1. The lowest BCUT2D eigenvalue weighted by atomic mass is 9.97. The van der Waals surface area contributed by atoms with Crippen molar-refractivity contribution in [1.29, 1.82) is 0 Å². The summed E-state index contributed by atoms with van der Waals surface area (Å²) < 4.78 is 12.7. The standard InChI is InChI=1S/C24H32N4O3S/c1-4-10-18(11-5-2)23(30)25-21-19-15-20(29)28(16-17-12-8-7-9-13-17)22(19)27-24(26-21)32(31)14-6-3/h7-9,12-13,18H,4-6,10-11,14-16H2,1-3H3,(H,25,26,27,30). The Labute approximate surface area is 192 Å². The van der Waals surface area contributed by atoms with Crippen molar-refractivity contribution in [3.05, 3.63) is 41.5 Å². The number of rotatable bonds is 11. The summed E-state index contributed by atoms with van der Waals surface area (Å²) in [6.45, 7) is 6.43. The second kappa shape index (κ2) is 11.3. The molecule has 1 N–H and O–H groups in total. The average molecular weight is 457 g/mol. The van der Waals surface area contributed by atoms with E-state index < -0.39 is 10.8 Å². The normalized spacial score (nSPS) is 14.0. The molecule has 1 aromatic heterocycles. The number of amides is 2. The first kappa shape index (κ1) is 24.0. The Kier molecular flexibility index (Phi) is 8.50. The zero-order valence-corrected chi connectivity index (χ0v) is 19.9. The summed E-state index contributed by atoms with van der Waals surface area (Å²) >= 11 is 0. The molecule has 172 valence electrons. The van der Waals surface area contributed by atoms with Gasteiger partial charge in [0, 0.05) is 17.2 Å². The molecular formula is C24H32N4O3S. The lowest BCUT2D eigenvalue weighted by molar-refractivity contribution is -0.120. The van der Waals surface area contributed by atoms with Crippen LogP contribution in [0, 0.1) is 5.92 Å². The van der Waals surface area contributed by atoms with Gasteiger partial charge in [-0.15, -0.1) is 0 Å². The van der Waals surface area contributed by atoms with E-state index in [4.69, 9.17) is 0 Å². The maximum absolute atomic E-state index is 13.0. The number of fused-ring (bicyclic) bond motifs is 1. The molecule has 3 rings (SSSR count). The smallest absolute Gasteiger partial charge is 0.233 e. The molecular weight excluding hydrogens is 424 g/mol. The van der Waals surface area contributed by atoms with Crippen molar-refractivity contribution in [1.82, 2.24) is 9.97 Å². The molecule has 2 aromatic rings. The van der Waals surface area contributed by atoms with Gasteiger partial charge in [0.15, 0.2) is 0 Å². The van der Waals surface area contributed by atoms with Crippen LogP contribution in [0.2, 0.25) is 0 Å². The van der Waals surface area contributed by atoms with Gasteiger partial charge in [0.1, 0.15) is 11.6 Å². The van der Waals surface area contributed by atoms with Crippen molar-refractivity contribution in [2.75, 3.05) is 16.0 Å². The molecule has 1 aromatic carbocycles. The molecule has 2 heterocycles. The third-order valence-corrected chi connectivity index (χ3v) is 6.88. The van der Waals surface area contributed by atoms with Crippen LogP contribution in [0.1, 0.15) is 64.0 Å². The van der Waals surface area contributed by atoms with Gasteiger partial charge < -0.3 is 5.32 Å². The summed E-state index contributed by atoms with van der Waals surface area (Å²) in [6, 6.07) is 9.67. The molecule has 0 fully saturated rings. The van der Waals surface area contributed by atoms with Gasteiger partial charge in [-0.25, -0.2) is 9.97 Å². The Morgan fingerprint density at radius 1 is 1.09 bits per heavy atom. The van der Waals surface area contributed by atoms with E-state index in [9.17, 15) is 13.8 Å². The highest BCUT2D eigenvalue weighted by molar-refractivity contribution is 7.84. The Morgan fingerprint density at radius 3 is 2.41 bits per heavy atom. The predicted octanol–water partition coefficient (Wildman–Crippen LogP) is 4.24. The van der Waals surface area contributed by atoms with Crippen LogP contribution in [0.3, 0.4) is 0 Å². The van der Waals surface area contributed by atoms with Crippen LogP contribution < -0.4 is 10.2 Å². The fourth-order valence-corrected chi connectivity index (χ4v) is 4.87. The van der Waals surface area contributed by atoms with Gasteiger partial charge in [-0.1, -0.05) is 63.9 Å². The molecule has 0 saturated carbocycles. The molecule has 2 amide bonds. The van der Waals surface area contributed by atoms with E-state index in [2.05, 4.69) is 29.1 Å². The first-order valence-electron chi connectivity index (χ1n) is 11.4. The van der Waals surface area contributed by atoms with Crippen LogP contribution in [-0.4, -0.2) is 31.7 Å². The molecule has 0 radical (unpaired) electrons. The van der Waals surface area contributed by atoms with E-state index in [1.165, 1.54) is 0 Å². The highest BCUT2D eigenvalue weighted by Gasteiger charge is 2.34. The van der Waals surface area contributed by atoms with Gasteiger partial charge in [0.05, 0.1) is 23.8 Å². The van der Waals surface area contributed by atoms with E-state index in [0.717, 1.165) is 37.7 Å². The molecule has 0 saturated heterocycles. The molecule has 1 aliphatic heterocycles. The summed E-state index contributed by atoms with van der Waals surface area (Å²) in [4.78, 5) is 36.5. The number of nitrogens with one attached hydrogen (secondary N) is 1. The highest BCUT2D eigenvalue weighted by atomic mass is 32.2. The van der Waals surface area contributed by atoms with Gasteiger partial charge in [-0.3, -0.25) is 18.7 Å². The fraction of sp³-hybridized carbons (Fsp3) is 0.500. The van der Waals surface area contributed by atoms with Crippen molar-refractivity contribution < 1.29 is 13.8 Å². The quantitative estimate of drug-likeness (QED) is 0.511. The molecule has 7 nitrogen and oxygen atoms in total. The number of benzene rings is 1. The Morgan fingerprint density at radius 2 is 1.78 bits per heavy atom. The topological polar surface area (TPSA) is 92.3 Å². The van der Waals surface area contributed by atoms with Gasteiger partial charge in [-0.2, -0.15) is 0 Å². The van der Waals surface area contributed by atoms with E-state index in [0.29, 0.717) is 29.5 Å². The molecule has 1 atom stereocenters. The maximum Gasteiger partial charge on any atom is 0.233 e. The Hall–Kier alpha value is -2.61. The minimum atomic E-state index is -1.40. The van der Waals surface area contributed by atoms with Crippen LogP contribution in [0.25, 0.3) is 0 Å².